The minimum absolute atomic E-state index is 0.0706. The molecule has 1 aliphatic rings. The Morgan fingerprint density at radius 1 is 1.06 bits per heavy atom. The summed E-state index contributed by atoms with van der Waals surface area (Å²) >= 11 is 0. The van der Waals surface area contributed by atoms with Crippen LogP contribution in [0.2, 0.25) is 0 Å². The van der Waals surface area contributed by atoms with Crippen molar-refractivity contribution < 1.29 is 19.1 Å². The van der Waals surface area contributed by atoms with E-state index in [0.717, 1.165) is 12.8 Å². The van der Waals surface area contributed by atoms with Crippen LogP contribution in [0.3, 0.4) is 0 Å². The van der Waals surface area contributed by atoms with Gasteiger partial charge in [-0.05, 0) is 18.6 Å². The standard InChI is InChI=1S/C21H27N5O5/c1-2-3-13-31-21(30)25-11-9-24(10-12-25)19(28)15-22-20(29)17-14-18(27)26(23-17)16-7-5-4-6-8-16/h4-8,14,23H,2-3,9-13,15H2,1H3,(H,22,29). The lowest BCUT2D eigenvalue weighted by Crippen LogP contribution is -2.52. The zero-order valence-corrected chi connectivity index (χ0v) is 17.5. The molecule has 10 nitrogen and oxygen atoms in total. The Morgan fingerprint density at radius 2 is 1.74 bits per heavy atom. The minimum Gasteiger partial charge on any atom is -0.449 e. The van der Waals surface area contributed by atoms with Crippen molar-refractivity contribution >= 4 is 17.9 Å². The molecule has 0 atom stereocenters. The van der Waals surface area contributed by atoms with Crippen LogP contribution in [0.4, 0.5) is 4.79 Å². The maximum atomic E-state index is 12.4. The molecule has 1 aromatic heterocycles. The SMILES string of the molecule is CCCCOC(=O)N1CCN(C(=O)CNC(=O)c2cc(=O)n(-c3ccccc3)[nH]2)CC1. The van der Waals surface area contributed by atoms with E-state index in [9.17, 15) is 19.2 Å². The number of nitrogens with zero attached hydrogens (tertiary/aromatic N) is 3. The summed E-state index contributed by atoms with van der Waals surface area (Å²) in [7, 11) is 0. The topological polar surface area (TPSA) is 117 Å². The fraction of sp³-hybridized carbons (Fsp3) is 0.429. The van der Waals surface area contributed by atoms with Gasteiger partial charge in [0, 0.05) is 32.2 Å². The van der Waals surface area contributed by atoms with Crippen molar-refractivity contribution in [1.82, 2.24) is 24.9 Å². The number of H-pyrrole nitrogens is 1. The van der Waals surface area contributed by atoms with E-state index in [2.05, 4.69) is 10.4 Å². The molecular weight excluding hydrogens is 402 g/mol. The lowest BCUT2D eigenvalue weighted by atomic mass is 10.3. The van der Waals surface area contributed by atoms with E-state index in [1.807, 2.05) is 13.0 Å². The van der Waals surface area contributed by atoms with Crippen molar-refractivity contribution in [3.8, 4) is 5.69 Å². The van der Waals surface area contributed by atoms with E-state index in [1.54, 1.807) is 34.1 Å². The van der Waals surface area contributed by atoms with Crippen molar-refractivity contribution in [3.05, 3.63) is 52.4 Å². The Hall–Kier alpha value is -3.56. The first-order valence-corrected chi connectivity index (χ1v) is 10.3. The van der Waals surface area contributed by atoms with Crippen LogP contribution >= 0.6 is 0 Å². The van der Waals surface area contributed by atoms with Gasteiger partial charge < -0.3 is 19.9 Å². The van der Waals surface area contributed by atoms with Crippen LogP contribution in [-0.2, 0) is 9.53 Å². The molecule has 3 amide bonds. The second-order valence-corrected chi connectivity index (χ2v) is 7.20. The third kappa shape index (κ3) is 5.74. The second-order valence-electron chi connectivity index (χ2n) is 7.20. The number of ether oxygens (including phenoxy) is 1. The van der Waals surface area contributed by atoms with Crippen LogP contribution in [-0.4, -0.2) is 76.8 Å². The summed E-state index contributed by atoms with van der Waals surface area (Å²) in [5.41, 5.74) is 0.305. The number of rotatable bonds is 7. The molecule has 166 valence electrons. The van der Waals surface area contributed by atoms with E-state index < -0.39 is 5.91 Å². The highest BCUT2D eigenvalue weighted by Gasteiger charge is 2.25. The lowest BCUT2D eigenvalue weighted by Gasteiger charge is -2.34. The molecule has 3 rings (SSSR count). The summed E-state index contributed by atoms with van der Waals surface area (Å²) < 4.78 is 6.44. The van der Waals surface area contributed by atoms with Gasteiger partial charge in [0.15, 0.2) is 0 Å². The summed E-state index contributed by atoms with van der Waals surface area (Å²) in [6.07, 6.45) is 1.41. The van der Waals surface area contributed by atoms with Gasteiger partial charge in [-0.25, -0.2) is 9.48 Å². The molecule has 2 N–H and O–H groups in total. The quantitative estimate of drug-likeness (QED) is 0.637. The molecule has 0 saturated carbocycles. The molecule has 0 unspecified atom stereocenters. The lowest BCUT2D eigenvalue weighted by molar-refractivity contribution is -0.131. The Kier molecular flexibility index (Phi) is 7.47. The van der Waals surface area contributed by atoms with Crippen molar-refractivity contribution in [2.45, 2.75) is 19.8 Å². The highest BCUT2D eigenvalue weighted by atomic mass is 16.6. The molecule has 1 aliphatic heterocycles. The Morgan fingerprint density at radius 3 is 2.42 bits per heavy atom. The fourth-order valence-corrected chi connectivity index (χ4v) is 3.18. The number of hydrogen-bond donors (Lipinski definition) is 2. The van der Waals surface area contributed by atoms with Gasteiger partial charge in [0.2, 0.25) is 5.91 Å². The van der Waals surface area contributed by atoms with Crippen LogP contribution < -0.4 is 10.9 Å². The highest BCUT2D eigenvalue weighted by Crippen LogP contribution is 2.06. The monoisotopic (exact) mass is 429 g/mol. The number of nitrogens with one attached hydrogen (secondary N) is 2. The summed E-state index contributed by atoms with van der Waals surface area (Å²) in [6.45, 7) is 3.74. The number of para-hydroxylation sites is 1. The van der Waals surface area contributed by atoms with Crippen molar-refractivity contribution in [3.63, 3.8) is 0 Å². The van der Waals surface area contributed by atoms with Gasteiger partial charge in [-0.3, -0.25) is 19.5 Å². The Labute approximate surface area is 179 Å². The number of piperazine rings is 1. The van der Waals surface area contributed by atoms with E-state index in [0.29, 0.717) is 38.5 Å². The maximum absolute atomic E-state index is 12.4. The maximum Gasteiger partial charge on any atom is 0.409 e. The number of amides is 3. The average molecular weight is 429 g/mol. The molecule has 1 fully saturated rings. The van der Waals surface area contributed by atoms with Gasteiger partial charge in [-0.1, -0.05) is 31.5 Å². The van der Waals surface area contributed by atoms with Gasteiger partial charge in [-0.2, -0.15) is 0 Å². The molecule has 2 heterocycles. The number of carbonyl (C=O) groups is 3. The number of unbranched alkanes of at least 4 members (excludes halogenated alkanes) is 1. The molecule has 2 aromatic rings. The summed E-state index contributed by atoms with van der Waals surface area (Å²) in [4.78, 5) is 52.0. The normalized spacial score (nSPS) is 13.7. The van der Waals surface area contributed by atoms with Gasteiger partial charge in [-0.15, -0.1) is 0 Å². The number of hydrogen-bond acceptors (Lipinski definition) is 5. The molecular formula is C21H27N5O5. The predicted octanol–water partition coefficient (Wildman–Crippen LogP) is 0.976. The van der Waals surface area contributed by atoms with E-state index >= 15 is 0 Å². The number of benzene rings is 1. The number of carbonyl (C=O) groups excluding carboxylic acids is 3. The zero-order chi connectivity index (χ0) is 22.2. The van der Waals surface area contributed by atoms with Crippen LogP contribution in [0.1, 0.15) is 30.3 Å². The van der Waals surface area contributed by atoms with Crippen LogP contribution in [0.5, 0.6) is 0 Å². The molecule has 0 bridgehead atoms. The molecule has 1 aromatic carbocycles. The van der Waals surface area contributed by atoms with E-state index in [1.165, 1.54) is 10.7 Å². The summed E-state index contributed by atoms with van der Waals surface area (Å²) in [5.74, 6) is -0.796. The third-order valence-corrected chi connectivity index (χ3v) is 4.99. The smallest absolute Gasteiger partial charge is 0.409 e. The third-order valence-electron chi connectivity index (χ3n) is 4.99. The van der Waals surface area contributed by atoms with Gasteiger partial charge >= 0.3 is 6.09 Å². The molecule has 10 heteroatoms. The molecule has 1 saturated heterocycles. The first kappa shape index (κ1) is 22.1. The van der Waals surface area contributed by atoms with E-state index in [-0.39, 0.29) is 29.8 Å². The average Bonchev–Trinajstić information content (AvgIpc) is 3.19. The van der Waals surface area contributed by atoms with Crippen LogP contribution in [0, 0.1) is 0 Å². The molecule has 0 spiro atoms. The van der Waals surface area contributed by atoms with Gasteiger partial charge in [0.1, 0.15) is 5.69 Å². The fourth-order valence-electron chi connectivity index (χ4n) is 3.18. The molecule has 0 aliphatic carbocycles. The Balaban J connectivity index is 1.47. The first-order valence-electron chi connectivity index (χ1n) is 10.3. The molecule has 31 heavy (non-hydrogen) atoms. The van der Waals surface area contributed by atoms with Gasteiger partial charge in [0.25, 0.3) is 11.5 Å². The van der Waals surface area contributed by atoms with Crippen molar-refractivity contribution in [1.29, 1.82) is 0 Å². The Bertz CT molecular complexity index is 960. The number of aromatic nitrogens is 2. The largest absolute Gasteiger partial charge is 0.449 e. The highest BCUT2D eigenvalue weighted by molar-refractivity contribution is 5.94. The van der Waals surface area contributed by atoms with Gasteiger partial charge in [0.05, 0.1) is 18.8 Å². The number of aromatic amines is 1. The van der Waals surface area contributed by atoms with Crippen LogP contribution in [0.15, 0.2) is 41.2 Å². The summed E-state index contributed by atoms with van der Waals surface area (Å²) in [5, 5.41) is 5.29. The van der Waals surface area contributed by atoms with Crippen molar-refractivity contribution in [2.75, 3.05) is 39.3 Å². The predicted molar refractivity (Wildman–Crippen MR) is 113 cm³/mol. The second kappa shape index (κ2) is 10.5. The first-order chi connectivity index (χ1) is 15.0. The molecule has 0 radical (unpaired) electrons. The van der Waals surface area contributed by atoms with Crippen molar-refractivity contribution in [2.24, 2.45) is 0 Å². The zero-order valence-electron chi connectivity index (χ0n) is 17.5. The van der Waals surface area contributed by atoms with Crippen LogP contribution in [0.25, 0.3) is 5.69 Å². The summed E-state index contributed by atoms with van der Waals surface area (Å²) in [6, 6.07) is 10.1. The minimum atomic E-state index is -0.543. The van der Waals surface area contributed by atoms with E-state index in [4.69, 9.17) is 4.74 Å².